The van der Waals surface area contributed by atoms with Crippen molar-refractivity contribution >= 4 is 17.6 Å². The molecule has 6 heteroatoms. The number of likely N-dealkylation sites (tertiary alicyclic amines) is 1. The summed E-state index contributed by atoms with van der Waals surface area (Å²) < 4.78 is 5.57. The van der Waals surface area contributed by atoms with Gasteiger partial charge in [0.2, 0.25) is 0 Å². The Balaban J connectivity index is 1.17. The van der Waals surface area contributed by atoms with Crippen LogP contribution in [0.3, 0.4) is 0 Å². The molecule has 2 atom stereocenters. The normalized spacial score (nSPS) is 23.1. The zero-order chi connectivity index (χ0) is 22.2. The van der Waals surface area contributed by atoms with Gasteiger partial charge in [0, 0.05) is 44.0 Å². The first-order chi connectivity index (χ1) is 16.2. The first-order valence-corrected chi connectivity index (χ1v) is 13.1. The van der Waals surface area contributed by atoms with Crippen molar-refractivity contribution in [3.63, 3.8) is 0 Å². The number of benzene rings is 2. The molecule has 0 spiro atoms. The minimum Gasteiger partial charge on any atom is -0.368 e. The van der Waals surface area contributed by atoms with Crippen LogP contribution >= 0.6 is 11.9 Å². The van der Waals surface area contributed by atoms with E-state index in [4.69, 9.17) is 0 Å². The van der Waals surface area contributed by atoms with Gasteiger partial charge in [0.15, 0.2) is 0 Å². The number of aryl methyl sites for hydroxylation is 2. The van der Waals surface area contributed by atoms with Gasteiger partial charge in [-0.1, -0.05) is 36.4 Å². The largest absolute Gasteiger partial charge is 0.368 e. The number of hydrogen-bond donors (Lipinski definition) is 1. The Hall–Kier alpha value is -2.28. The summed E-state index contributed by atoms with van der Waals surface area (Å²) in [6.07, 6.45) is 8.92. The van der Waals surface area contributed by atoms with Crippen LogP contribution in [0.5, 0.6) is 0 Å². The predicted octanol–water partition coefficient (Wildman–Crippen LogP) is 4.25. The summed E-state index contributed by atoms with van der Waals surface area (Å²) in [5.74, 6) is 0.589. The molecule has 0 bridgehead atoms. The van der Waals surface area contributed by atoms with Crippen LogP contribution in [0.25, 0.3) is 0 Å². The van der Waals surface area contributed by atoms with E-state index in [9.17, 15) is 0 Å². The standard InChI is InChI=1S/C27H33N5S/c1-30-18-27(28-19-30)33-29-22-16-32(17-22)23-10-8-21-9-11-26(31-12-5-13-31)25(24(21)15-23)14-20-6-3-2-4-7-20/h2-4,6-8,10,15,18-19,22,25-26,29H,5,9,11-14,16-17H2,1H3. The second-order valence-corrected chi connectivity index (χ2v) is 10.7. The monoisotopic (exact) mass is 459 g/mol. The van der Waals surface area contributed by atoms with E-state index in [-0.39, 0.29) is 0 Å². The van der Waals surface area contributed by atoms with Crippen LogP contribution in [-0.4, -0.2) is 52.7 Å². The molecule has 2 saturated heterocycles. The lowest BCUT2D eigenvalue weighted by molar-refractivity contribution is 0.0877. The van der Waals surface area contributed by atoms with Crippen molar-refractivity contribution in [2.24, 2.45) is 7.05 Å². The molecule has 1 aromatic heterocycles. The SMILES string of the molecule is Cn1cnc(SNC2CN(c3ccc4c(c3)C(Cc3ccccc3)C(N3CCC3)CC4)C2)c1. The van der Waals surface area contributed by atoms with Gasteiger partial charge in [-0.05, 0) is 79.5 Å². The zero-order valence-electron chi connectivity index (χ0n) is 19.4. The third-order valence-electron chi connectivity index (χ3n) is 7.62. The Morgan fingerprint density at radius 3 is 2.67 bits per heavy atom. The lowest BCUT2D eigenvalue weighted by atomic mass is 9.74. The maximum atomic E-state index is 4.39. The third kappa shape index (κ3) is 4.44. The molecule has 3 aromatic rings. The summed E-state index contributed by atoms with van der Waals surface area (Å²) in [6, 6.07) is 19.6. The number of hydrogen-bond acceptors (Lipinski definition) is 5. The summed E-state index contributed by atoms with van der Waals surface area (Å²) in [5.41, 5.74) is 6.01. The van der Waals surface area contributed by atoms with Crippen LogP contribution < -0.4 is 9.62 Å². The zero-order valence-corrected chi connectivity index (χ0v) is 20.2. The van der Waals surface area contributed by atoms with Crippen LogP contribution in [0.2, 0.25) is 0 Å². The molecule has 1 aliphatic carbocycles. The summed E-state index contributed by atoms with van der Waals surface area (Å²) in [7, 11) is 2.01. The Kier molecular flexibility index (Phi) is 5.91. The van der Waals surface area contributed by atoms with E-state index in [0.717, 1.165) is 24.5 Å². The van der Waals surface area contributed by atoms with E-state index in [2.05, 4.69) is 74.2 Å². The Bertz CT molecular complexity index is 1090. The van der Waals surface area contributed by atoms with E-state index in [1.807, 2.05) is 17.9 Å². The number of aromatic nitrogens is 2. The molecule has 3 aliphatic rings. The highest BCUT2D eigenvalue weighted by Crippen LogP contribution is 2.40. The van der Waals surface area contributed by atoms with Crippen molar-refractivity contribution in [2.45, 2.75) is 48.7 Å². The number of nitrogens with zero attached hydrogens (tertiary/aromatic N) is 4. The minimum absolute atomic E-state index is 0.502. The van der Waals surface area contributed by atoms with Crippen molar-refractivity contribution < 1.29 is 0 Å². The summed E-state index contributed by atoms with van der Waals surface area (Å²) in [5, 5.41) is 1.03. The van der Waals surface area contributed by atoms with Crippen LogP contribution in [0.1, 0.15) is 35.4 Å². The highest BCUT2D eigenvalue weighted by atomic mass is 32.2. The molecule has 3 heterocycles. The number of anilines is 1. The molecule has 2 fully saturated rings. The highest BCUT2D eigenvalue weighted by Gasteiger charge is 2.36. The van der Waals surface area contributed by atoms with Gasteiger partial charge in [0.25, 0.3) is 0 Å². The summed E-state index contributed by atoms with van der Waals surface area (Å²) in [6.45, 7) is 4.66. The van der Waals surface area contributed by atoms with Crippen LogP contribution in [-0.2, 0) is 19.9 Å². The maximum Gasteiger partial charge on any atom is 0.129 e. The molecule has 0 saturated carbocycles. The van der Waals surface area contributed by atoms with E-state index < -0.39 is 0 Å². The summed E-state index contributed by atoms with van der Waals surface area (Å²) >= 11 is 1.65. The van der Waals surface area contributed by atoms with Crippen molar-refractivity contribution in [3.05, 3.63) is 77.7 Å². The Morgan fingerprint density at radius 1 is 1.09 bits per heavy atom. The van der Waals surface area contributed by atoms with Crippen LogP contribution in [0.4, 0.5) is 5.69 Å². The molecule has 2 aromatic carbocycles. The van der Waals surface area contributed by atoms with Gasteiger partial charge in [-0.15, -0.1) is 0 Å². The van der Waals surface area contributed by atoms with Crippen molar-refractivity contribution in [2.75, 3.05) is 31.1 Å². The van der Waals surface area contributed by atoms with Gasteiger partial charge >= 0.3 is 0 Å². The molecule has 2 unspecified atom stereocenters. The first-order valence-electron chi connectivity index (χ1n) is 12.3. The van der Waals surface area contributed by atoms with Crippen LogP contribution in [0, 0.1) is 0 Å². The quantitative estimate of drug-likeness (QED) is 0.535. The number of nitrogens with one attached hydrogen (secondary N) is 1. The van der Waals surface area contributed by atoms with Crippen LogP contribution in [0.15, 0.2) is 66.1 Å². The smallest absolute Gasteiger partial charge is 0.129 e. The van der Waals surface area contributed by atoms with E-state index in [1.54, 1.807) is 23.1 Å². The molecule has 1 N–H and O–H groups in total. The van der Waals surface area contributed by atoms with Crippen molar-refractivity contribution in [1.82, 2.24) is 19.2 Å². The fourth-order valence-corrected chi connectivity index (χ4v) is 6.39. The predicted molar refractivity (Wildman–Crippen MR) is 136 cm³/mol. The van der Waals surface area contributed by atoms with E-state index >= 15 is 0 Å². The second kappa shape index (κ2) is 9.16. The average molecular weight is 460 g/mol. The molecule has 33 heavy (non-hydrogen) atoms. The molecule has 0 amide bonds. The number of imidazole rings is 1. The number of rotatable bonds is 7. The molecule has 2 aliphatic heterocycles. The van der Waals surface area contributed by atoms with Gasteiger partial charge in [-0.25, -0.2) is 4.98 Å². The Labute approximate surface area is 201 Å². The average Bonchev–Trinajstić information content (AvgIpc) is 3.19. The minimum atomic E-state index is 0.502. The van der Waals surface area contributed by atoms with Crippen molar-refractivity contribution in [3.8, 4) is 0 Å². The van der Waals surface area contributed by atoms with Gasteiger partial charge in [-0.3, -0.25) is 9.62 Å². The third-order valence-corrected chi connectivity index (χ3v) is 8.49. The fourth-order valence-electron chi connectivity index (χ4n) is 5.64. The first kappa shape index (κ1) is 21.3. The maximum absolute atomic E-state index is 4.39. The molecule has 5 nitrogen and oxygen atoms in total. The van der Waals surface area contributed by atoms with Gasteiger partial charge in [0.05, 0.1) is 12.4 Å². The lowest BCUT2D eigenvalue weighted by Crippen LogP contribution is -2.56. The van der Waals surface area contributed by atoms with Crippen molar-refractivity contribution in [1.29, 1.82) is 0 Å². The topological polar surface area (TPSA) is 36.3 Å². The second-order valence-electron chi connectivity index (χ2n) is 9.87. The van der Waals surface area contributed by atoms with Gasteiger partial charge < -0.3 is 9.47 Å². The molecule has 6 rings (SSSR count). The number of fused-ring (bicyclic) bond motifs is 1. The highest BCUT2D eigenvalue weighted by molar-refractivity contribution is 7.97. The summed E-state index contributed by atoms with van der Waals surface area (Å²) in [4.78, 5) is 9.65. The van der Waals surface area contributed by atoms with E-state index in [1.165, 1.54) is 43.6 Å². The fraction of sp³-hybridized carbons (Fsp3) is 0.444. The molecule has 172 valence electrons. The molecule has 0 radical (unpaired) electrons. The Morgan fingerprint density at radius 2 is 1.94 bits per heavy atom. The van der Waals surface area contributed by atoms with E-state index in [0.29, 0.717) is 18.0 Å². The lowest BCUT2D eigenvalue weighted by Gasteiger charge is -2.46. The molecular formula is C27H33N5S. The van der Waals surface area contributed by atoms with Gasteiger partial charge in [0.1, 0.15) is 5.03 Å². The van der Waals surface area contributed by atoms with Gasteiger partial charge in [-0.2, -0.15) is 0 Å². The molecular weight excluding hydrogens is 426 g/mol.